The number of nitrogens with zero attached hydrogens (tertiary/aromatic N) is 2. The monoisotopic (exact) mass is 278 g/mol. The van der Waals surface area contributed by atoms with E-state index in [-0.39, 0.29) is 31.3 Å². The van der Waals surface area contributed by atoms with Gasteiger partial charge in [0.05, 0.1) is 6.61 Å². The van der Waals surface area contributed by atoms with Gasteiger partial charge >= 0.3 is 5.97 Å². The van der Waals surface area contributed by atoms with Gasteiger partial charge in [-0.05, 0) is 19.8 Å². The van der Waals surface area contributed by atoms with Crippen LogP contribution in [0.15, 0.2) is 23.2 Å². The zero-order valence-corrected chi connectivity index (χ0v) is 11.5. The van der Waals surface area contributed by atoms with Crippen LogP contribution in [0, 0.1) is 0 Å². The number of aromatic nitrogens is 1. The molecule has 1 aliphatic rings. The van der Waals surface area contributed by atoms with Crippen LogP contribution in [-0.4, -0.2) is 41.6 Å². The third kappa shape index (κ3) is 3.46. The quantitative estimate of drug-likeness (QED) is 0.561. The van der Waals surface area contributed by atoms with E-state index in [1.807, 2.05) is 0 Å². The Morgan fingerprint density at radius 3 is 2.95 bits per heavy atom. The van der Waals surface area contributed by atoms with Crippen molar-refractivity contribution in [3.63, 3.8) is 0 Å². The number of carbonyl (C=O) groups excluding carboxylic acids is 2. The van der Waals surface area contributed by atoms with Crippen molar-refractivity contribution < 1.29 is 18.8 Å². The van der Waals surface area contributed by atoms with Gasteiger partial charge in [0.1, 0.15) is 12.3 Å². The molecule has 0 bridgehead atoms. The highest BCUT2D eigenvalue weighted by Gasteiger charge is 2.30. The van der Waals surface area contributed by atoms with Crippen LogP contribution in [0.1, 0.15) is 41.9 Å². The summed E-state index contributed by atoms with van der Waals surface area (Å²) in [6.07, 6.45) is 3.70. The second kappa shape index (κ2) is 6.36. The standard InChI is InChI=1S/C14H18N2O4/c1-3-7-16(9-13(17)19-4-2)14(18)11-8-12(20-15-11)10-5-6-10/h3,8,10H,1,4-7,9H2,2H3. The first-order chi connectivity index (χ1) is 9.65. The van der Waals surface area contributed by atoms with E-state index in [2.05, 4.69) is 11.7 Å². The summed E-state index contributed by atoms with van der Waals surface area (Å²) in [4.78, 5) is 25.1. The Hall–Kier alpha value is -2.11. The lowest BCUT2D eigenvalue weighted by atomic mass is 10.2. The average Bonchev–Trinajstić information content (AvgIpc) is 3.16. The van der Waals surface area contributed by atoms with E-state index >= 15 is 0 Å². The Bertz CT molecular complexity index is 505. The lowest BCUT2D eigenvalue weighted by Crippen LogP contribution is -2.36. The number of esters is 1. The molecule has 1 aliphatic carbocycles. The molecule has 0 N–H and O–H groups in total. The molecule has 2 rings (SSSR count). The van der Waals surface area contributed by atoms with E-state index in [9.17, 15) is 9.59 Å². The summed E-state index contributed by atoms with van der Waals surface area (Å²) in [5.41, 5.74) is 0.220. The molecule has 0 spiro atoms. The van der Waals surface area contributed by atoms with Crippen LogP contribution in [0.25, 0.3) is 0 Å². The molecular formula is C14H18N2O4. The molecule has 0 aliphatic heterocycles. The van der Waals surface area contributed by atoms with Gasteiger partial charge in [0.15, 0.2) is 5.69 Å². The fraction of sp³-hybridized carbons (Fsp3) is 0.500. The number of carbonyl (C=O) groups is 2. The van der Waals surface area contributed by atoms with Crippen molar-refractivity contribution in [3.8, 4) is 0 Å². The molecule has 1 amide bonds. The van der Waals surface area contributed by atoms with Crippen LogP contribution in [0.5, 0.6) is 0 Å². The molecule has 1 aromatic heterocycles. The maximum atomic E-state index is 12.3. The SMILES string of the molecule is C=CCN(CC(=O)OCC)C(=O)c1cc(C2CC2)on1. The summed E-state index contributed by atoms with van der Waals surface area (Å²) < 4.78 is 10.00. The van der Waals surface area contributed by atoms with Crippen LogP contribution in [0.2, 0.25) is 0 Å². The Labute approximate surface area is 117 Å². The van der Waals surface area contributed by atoms with Crippen molar-refractivity contribution in [2.24, 2.45) is 0 Å². The van der Waals surface area contributed by atoms with Crippen LogP contribution in [0.4, 0.5) is 0 Å². The van der Waals surface area contributed by atoms with E-state index in [1.54, 1.807) is 19.1 Å². The predicted molar refractivity (Wildman–Crippen MR) is 71.2 cm³/mol. The fourth-order valence-electron chi connectivity index (χ4n) is 1.85. The van der Waals surface area contributed by atoms with E-state index in [0.29, 0.717) is 5.92 Å². The van der Waals surface area contributed by atoms with Gasteiger partial charge in [-0.1, -0.05) is 11.2 Å². The van der Waals surface area contributed by atoms with E-state index in [0.717, 1.165) is 18.6 Å². The third-order valence-electron chi connectivity index (χ3n) is 2.99. The third-order valence-corrected chi connectivity index (χ3v) is 2.99. The highest BCUT2D eigenvalue weighted by molar-refractivity contribution is 5.94. The zero-order valence-electron chi connectivity index (χ0n) is 11.5. The summed E-state index contributed by atoms with van der Waals surface area (Å²) in [6.45, 7) is 5.72. The molecule has 108 valence electrons. The van der Waals surface area contributed by atoms with E-state index in [4.69, 9.17) is 9.26 Å². The zero-order chi connectivity index (χ0) is 14.5. The number of hydrogen-bond donors (Lipinski definition) is 0. The van der Waals surface area contributed by atoms with Crippen LogP contribution in [-0.2, 0) is 9.53 Å². The fourth-order valence-corrected chi connectivity index (χ4v) is 1.85. The van der Waals surface area contributed by atoms with Gasteiger partial charge in [0, 0.05) is 18.5 Å². The number of rotatable bonds is 7. The summed E-state index contributed by atoms with van der Waals surface area (Å²) in [7, 11) is 0. The molecule has 20 heavy (non-hydrogen) atoms. The molecule has 0 aromatic carbocycles. The first kappa shape index (κ1) is 14.3. The topological polar surface area (TPSA) is 72.6 Å². The summed E-state index contributed by atoms with van der Waals surface area (Å²) in [5.74, 6) is 0.326. The second-order valence-corrected chi connectivity index (χ2v) is 4.67. The second-order valence-electron chi connectivity index (χ2n) is 4.67. The number of hydrogen-bond acceptors (Lipinski definition) is 5. The molecule has 0 atom stereocenters. The highest BCUT2D eigenvalue weighted by Crippen LogP contribution is 2.40. The predicted octanol–water partition coefficient (Wildman–Crippen LogP) is 1.74. The van der Waals surface area contributed by atoms with E-state index in [1.165, 1.54) is 4.90 Å². The maximum absolute atomic E-state index is 12.3. The summed E-state index contributed by atoms with van der Waals surface area (Å²) >= 11 is 0. The summed E-state index contributed by atoms with van der Waals surface area (Å²) in [5, 5.41) is 3.78. The van der Waals surface area contributed by atoms with Crippen molar-refractivity contribution in [2.45, 2.75) is 25.7 Å². The number of ether oxygens (including phenoxy) is 1. The van der Waals surface area contributed by atoms with E-state index < -0.39 is 5.97 Å². The average molecular weight is 278 g/mol. The molecule has 1 heterocycles. The van der Waals surface area contributed by atoms with Crippen molar-refractivity contribution in [1.82, 2.24) is 10.1 Å². The lowest BCUT2D eigenvalue weighted by molar-refractivity contribution is -0.143. The van der Waals surface area contributed by atoms with Gasteiger partial charge in [0.25, 0.3) is 5.91 Å². The Kier molecular flexibility index (Phi) is 4.55. The minimum Gasteiger partial charge on any atom is -0.465 e. The smallest absolute Gasteiger partial charge is 0.325 e. The Morgan fingerprint density at radius 1 is 1.60 bits per heavy atom. The van der Waals surface area contributed by atoms with Gasteiger partial charge < -0.3 is 14.2 Å². The number of amides is 1. The maximum Gasteiger partial charge on any atom is 0.325 e. The molecular weight excluding hydrogens is 260 g/mol. The Morgan fingerprint density at radius 2 is 2.35 bits per heavy atom. The molecule has 6 nitrogen and oxygen atoms in total. The van der Waals surface area contributed by atoms with Crippen molar-refractivity contribution in [3.05, 3.63) is 30.2 Å². The van der Waals surface area contributed by atoms with Crippen molar-refractivity contribution >= 4 is 11.9 Å². The van der Waals surface area contributed by atoms with Crippen molar-refractivity contribution in [1.29, 1.82) is 0 Å². The molecule has 0 unspecified atom stereocenters. The van der Waals surface area contributed by atoms with Gasteiger partial charge in [-0.15, -0.1) is 6.58 Å². The minimum absolute atomic E-state index is 0.121. The molecule has 6 heteroatoms. The van der Waals surface area contributed by atoms with Gasteiger partial charge in [-0.2, -0.15) is 0 Å². The van der Waals surface area contributed by atoms with Crippen LogP contribution in [0.3, 0.4) is 0 Å². The molecule has 1 fully saturated rings. The van der Waals surface area contributed by atoms with Crippen LogP contribution >= 0.6 is 0 Å². The lowest BCUT2D eigenvalue weighted by Gasteiger charge is -2.18. The first-order valence-electron chi connectivity index (χ1n) is 6.68. The van der Waals surface area contributed by atoms with Gasteiger partial charge in [-0.3, -0.25) is 9.59 Å². The first-order valence-corrected chi connectivity index (χ1v) is 6.68. The molecule has 1 aromatic rings. The molecule has 1 saturated carbocycles. The highest BCUT2D eigenvalue weighted by atomic mass is 16.5. The molecule has 0 radical (unpaired) electrons. The largest absolute Gasteiger partial charge is 0.465 e. The normalized spacial score (nSPS) is 13.8. The summed E-state index contributed by atoms with van der Waals surface area (Å²) in [6, 6.07) is 1.65. The van der Waals surface area contributed by atoms with Crippen LogP contribution < -0.4 is 0 Å². The van der Waals surface area contributed by atoms with Crippen molar-refractivity contribution in [2.75, 3.05) is 19.7 Å². The van der Waals surface area contributed by atoms with Gasteiger partial charge in [-0.25, -0.2) is 0 Å². The molecule has 0 saturated heterocycles. The Balaban J connectivity index is 2.04. The minimum atomic E-state index is -0.450. The van der Waals surface area contributed by atoms with Gasteiger partial charge in [0.2, 0.25) is 0 Å².